The molecule has 1 aliphatic rings. The average molecular weight is 379 g/mol. The number of aromatic nitrogens is 2. The number of aryl methyl sites for hydroxylation is 1. The molecule has 1 unspecified atom stereocenters. The van der Waals surface area contributed by atoms with E-state index in [-0.39, 0.29) is 17.6 Å². The number of oxazole rings is 1. The molecule has 1 aromatic carbocycles. The van der Waals surface area contributed by atoms with E-state index in [1.807, 2.05) is 24.0 Å². The third-order valence-corrected chi connectivity index (χ3v) is 5.06. The summed E-state index contributed by atoms with van der Waals surface area (Å²) in [6.07, 6.45) is 3.81. The first-order valence-corrected chi connectivity index (χ1v) is 9.51. The highest BCUT2D eigenvalue weighted by atomic mass is 19.1. The molecule has 0 saturated carbocycles. The lowest BCUT2D eigenvalue weighted by atomic mass is 9.97. The number of likely N-dealkylation sites (tertiary alicyclic amines) is 1. The molecule has 3 aromatic rings. The van der Waals surface area contributed by atoms with Gasteiger partial charge >= 0.3 is 0 Å². The van der Waals surface area contributed by atoms with Crippen LogP contribution >= 0.6 is 0 Å². The molecule has 3 heterocycles. The first-order valence-electron chi connectivity index (χ1n) is 9.51. The van der Waals surface area contributed by atoms with Crippen molar-refractivity contribution in [2.24, 2.45) is 0 Å². The van der Waals surface area contributed by atoms with Crippen LogP contribution in [0.15, 0.2) is 53.1 Å². The summed E-state index contributed by atoms with van der Waals surface area (Å²) in [4.78, 5) is 23.3. The number of carbonyl (C=O) groups excluding carboxylic acids is 1. The van der Waals surface area contributed by atoms with Crippen molar-refractivity contribution in [2.45, 2.75) is 32.1 Å². The lowest BCUT2D eigenvalue weighted by Crippen LogP contribution is -2.39. The van der Waals surface area contributed by atoms with Crippen LogP contribution in [0.2, 0.25) is 0 Å². The Hall–Kier alpha value is -3.02. The number of benzene rings is 1. The molecule has 0 bridgehead atoms. The zero-order valence-corrected chi connectivity index (χ0v) is 15.8. The maximum absolute atomic E-state index is 13.9. The van der Waals surface area contributed by atoms with Crippen molar-refractivity contribution in [1.29, 1.82) is 0 Å². The van der Waals surface area contributed by atoms with E-state index in [0.717, 1.165) is 18.5 Å². The Balaban J connectivity index is 1.46. The molecule has 1 fully saturated rings. The minimum absolute atomic E-state index is 0.0388. The number of halogens is 1. The van der Waals surface area contributed by atoms with Gasteiger partial charge in [0.25, 0.3) is 5.91 Å². The molecule has 0 radical (unpaired) electrons. The fraction of sp³-hybridized carbons (Fsp3) is 0.318. The van der Waals surface area contributed by atoms with Gasteiger partial charge in [-0.15, -0.1) is 0 Å². The molecule has 0 aliphatic carbocycles. The predicted molar refractivity (Wildman–Crippen MR) is 103 cm³/mol. The summed E-state index contributed by atoms with van der Waals surface area (Å²) in [5.41, 5.74) is 1.87. The molecule has 144 valence electrons. The van der Waals surface area contributed by atoms with Crippen molar-refractivity contribution < 1.29 is 13.6 Å². The van der Waals surface area contributed by atoms with Gasteiger partial charge in [-0.1, -0.05) is 24.3 Å². The molecule has 4 rings (SSSR count). The average Bonchev–Trinajstić information content (AvgIpc) is 3.18. The second-order valence-electron chi connectivity index (χ2n) is 7.19. The van der Waals surface area contributed by atoms with Crippen LogP contribution in [0.25, 0.3) is 0 Å². The maximum atomic E-state index is 13.9. The van der Waals surface area contributed by atoms with Crippen LogP contribution in [-0.4, -0.2) is 33.9 Å². The normalized spacial score (nSPS) is 16.9. The molecule has 0 spiro atoms. The molecule has 1 amide bonds. The van der Waals surface area contributed by atoms with Gasteiger partial charge in [0.2, 0.25) is 0 Å². The summed E-state index contributed by atoms with van der Waals surface area (Å²) in [5.74, 6) is 0.967. The fourth-order valence-corrected chi connectivity index (χ4v) is 3.61. The minimum Gasteiger partial charge on any atom is -0.445 e. The van der Waals surface area contributed by atoms with Gasteiger partial charge in [0.05, 0.1) is 12.1 Å². The lowest BCUT2D eigenvalue weighted by molar-refractivity contribution is 0.0691. The third-order valence-electron chi connectivity index (χ3n) is 5.06. The number of hydrogen-bond donors (Lipinski definition) is 0. The van der Waals surface area contributed by atoms with Crippen LogP contribution in [0, 0.1) is 12.7 Å². The van der Waals surface area contributed by atoms with E-state index < -0.39 is 0 Å². The Morgan fingerprint density at radius 1 is 1.25 bits per heavy atom. The maximum Gasteiger partial charge on any atom is 0.272 e. The highest BCUT2D eigenvalue weighted by molar-refractivity contribution is 5.92. The van der Waals surface area contributed by atoms with Gasteiger partial charge in [-0.2, -0.15) is 0 Å². The number of amides is 1. The predicted octanol–water partition coefficient (Wildman–Crippen LogP) is 4.13. The Kier molecular flexibility index (Phi) is 5.19. The first kappa shape index (κ1) is 18.3. The van der Waals surface area contributed by atoms with Gasteiger partial charge in [0.1, 0.15) is 17.3 Å². The van der Waals surface area contributed by atoms with E-state index in [0.29, 0.717) is 42.4 Å². The number of pyridine rings is 1. The van der Waals surface area contributed by atoms with Crippen molar-refractivity contribution in [1.82, 2.24) is 14.9 Å². The van der Waals surface area contributed by atoms with Gasteiger partial charge < -0.3 is 9.32 Å². The van der Waals surface area contributed by atoms with Gasteiger partial charge in [-0.3, -0.25) is 4.79 Å². The molecular weight excluding hydrogens is 357 g/mol. The first-order chi connectivity index (χ1) is 13.6. The topological polar surface area (TPSA) is 59.2 Å². The highest BCUT2D eigenvalue weighted by Gasteiger charge is 2.29. The molecule has 2 aromatic heterocycles. The molecule has 6 heteroatoms. The number of carbonyl (C=O) groups is 1. The van der Waals surface area contributed by atoms with E-state index in [1.54, 1.807) is 30.5 Å². The third kappa shape index (κ3) is 3.96. The van der Waals surface area contributed by atoms with Crippen LogP contribution in [-0.2, 0) is 6.42 Å². The Morgan fingerprint density at radius 2 is 2.11 bits per heavy atom. The van der Waals surface area contributed by atoms with Gasteiger partial charge in [0.15, 0.2) is 5.89 Å². The second-order valence-corrected chi connectivity index (χ2v) is 7.19. The monoisotopic (exact) mass is 379 g/mol. The largest absolute Gasteiger partial charge is 0.445 e. The van der Waals surface area contributed by atoms with Crippen molar-refractivity contribution >= 4 is 5.91 Å². The lowest BCUT2D eigenvalue weighted by Gasteiger charge is -2.31. The van der Waals surface area contributed by atoms with E-state index in [2.05, 4.69) is 9.97 Å². The summed E-state index contributed by atoms with van der Waals surface area (Å²) in [6.45, 7) is 3.13. The number of nitrogens with zero attached hydrogens (tertiary/aromatic N) is 3. The summed E-state index contributed by atoms with van der Waals surface area (Å²) in [5, 5.41) is 0. The number of piperidine rings is 1. The van der Waals surface area contributed by atoms with E-state index in [4.69, 9.17) is 4.42 Å². The van der Waals surface area contributed by atoms with Crippen LogP contribution in [0.3, 0.4) is 0 Å². The number of hydrogen-bond acceptors (Lipinski definition) is 4. The fourth-order valence-electron chi connectivity index (χ4n) is 3.61. The zero-order valence-electron chi connectivity index (χ0n) is 15.8. The van der Waals surface area contributed by atoms with Crippen molar-refractivity contribution in [3.05, 3.63) is 83.1 Å². The molecule has 1 aliphatic heterocycles. The van der Waals surface area contributed by atoms with E-state index in [9.17, 15) is 9.18 Å². The molecule has 28 heavy (non-hydrogen) atoms. The summed E-state index contributed by atoms with van der Waals surface area (Å²) in [7, 11) is 0. The zero-order chi connectivity index (χ0) is 19.5. The minimum atomic E-state index is -0.249. The Bertz CT molecular complexity index is 985. The SMILES string of the molecule is Cc1cccc(C(=O)N2CCCC(c3ncc(Cc4ccccc4F)o3)C2)n1. The van der Waals surface area contributed by atoms with Crippen LogP contribution in [0.1, 0.15) is 52.2 Å². The van der Waals surface area contributed by atoms with Crippen molar-refractivity contribution in [3.63, 3.8) is 0 Å². The second kappa shape index (κ2) is 7.92. The highest BCUT2D eigenvalue weighted by Crippen LogP contribution is 2.28. The number of rotatable bonds is 4. The van der Waals surface area contributed by atoms with Gasteiger partial charge in [-0.05, 0) is 43.5 Å². The summed E-state index contributed by atoms with van der Waals surface area (Å²) >= 11 is 0. The standard InChI is InChI=1S/C22H22FN3O2/c1-15-6-4-10-20(25-15)22(27)26-11-5-8-17(14-26)21-24-13-18(28-21)12-16-7-2-3-9-19(16)23/h2-4,6-7,9-10,13,17H,5,8,11-12,14H2,1H3. The van der Waals surface area contributed by atoms with Gasteiger partial charge in [0, 0.05) is 25.2 Å². The molecule has 1 saturated heterocycles. The molecule has 5 nitrogen and oxygen atoms in total. The van der Waals surface area contributed by atoms with Crippen LogP contribution in [0.4, 0.5) is 4.39 Å². The molecular formula is C22H22FN3O2. The van der Waals surface area contributed by atoms with Crippen molar-refractivity contribution in [3.8, 4) is 0 Å². The van der Waals surface area contributed by atoms with Crippen LogP contribution in [0.5, 0.6) is 0 Å². The van der Waals surface area contributed by atoms with E-state index >= 15 is 0 Å². The summed E-state index contributed by atoms with van der Waals surface area (Å²) < 4.78 is 19.8. The van der Waals surface area contributed by atoms with Gasteiger partial charge in [-0.25, -0.2) is 14.4 Å². The summed E-state index contributed by atoms with van der Waals surface area (Å²) in [6, 6.07) is 12.1. The Labute approximate surface area is 163 Å². The molecule has 0 N–H and O–H groups in total. The quantitative estimate of drug-likeness (QED) is 0.684. The Morgan fingerprint density at radius 3 is 2.93 bits per heavy atom. The van der Waals surface area contributed by atoms with E-state index in [1.165, 1.54) is 6.07 Å². The molecule has 1 atom stereocenters. The van der Waals surface area contributed by atoms with Crippen molar-refractivity contribution in [2.75, 3.05) is 13.1 Å². The van der Waals surface area contributed by atoms with Crippen LogP contribution < -0.4 is 0 Å². The smallest absolute Gasteiger partial charge is 0.272 e.